The van der Waals surface area contributed by atoms with Crippen molar-refractivity contribution < 1.29 is 8.42 Å². The van der Waals surface area contributed by atoms with Crippen LogP contribution in [0.3, 0.4) is 0 Å². The largest absolute Gasteiger partial charge is 0.353 e. The summed E-state index contributed by atoms with van der Waals surface area (Å²) in [5.74, 6) is 0.888. The third-order valence-corrected chi connectivity index (χ3v) is 7.61. The lowest BCUT2D eigenvalue weighted by Gasteiger charge is -2.34. The van der Waals surface area contributed by atoms with Gasteiger partial charge in [0.15, 0.2) is 0 Å². The Kier molecular flexibility index (Phi) is 4.42. The molecule has 136 valence electrons. The number of sulfonamides is 1. The lowest BCUT2D eigenvalue weighted by molar-refractivity contribution is 0.384. The minimum atomic E-state index is -3.46. The summed E-state index contributed by atoms with van der Waals surface area (Å²) in [5, 5.41) is 3.03. The van der Waals surface area contributed by atoms with Gasteiger partial charge in [0.1, 0.15) is 17.0 Å². The summed E-state index contributed by atoms with van der Waals surface area (Å²) in [6.45, 7) is 6.05. The Morgan fingerprint density at radius 3 is 2.50 bits per heavy atom. The quantitative estimate of drug-likeness (QED) is 0.690. The molecule has 1 fully saturated rings. The third kappa shape index (κ3) is 2.98. The number of benzene rings is 1. The summed E-state index contributed by atoms with van der Waals surface area (Å²) < 4.78 is 27.5. The van der Waals surface area contributed by atoms with E-state index in [4.69, 9.17) is 0 Å². The first-order chi connectivity index (χ1) is 12.5. The molecule has 1 aliphatic rings. The number of anilines is 1. The normalized spacial score (nSPS) is 16.3. The van der Waals surface area contributed by atoms with Crippen LogP contribution in [-0.2, 0) is 10.0 Å². The van der Waals surface area contributed by atoms with Crippen LogP contribution in [0, 0.1) is 13.8 Å². The van der Waals surface area contributed by atoms with E-state index in [0.717, 1.165) is 27.2 Å². The van der Waals surface area contributed by atoms with Crippen LogP contribution in [0.4, 0.5) is 5.82 Å². The number of aromatic nitrogens is 2. The van der Waals surface area contributed by atoms with Crippen molar-refractivity contribution in [3.8, 4) is 0 Å². The van der Waals surface area contributed by atoms with E-state index in [-0.39, 0.29) is 0 Å². The molecule has 0 radical (unpaired) electrons. The van der Waals surface area contributed by atoms with Crippen molar-refractivity contribution in [2.75, 3.05) is 31.1 Å². The summed E-state index contributed by atoms with van der Waals surface area (Å²) >= 11 is 1.59. The average molecular weight is 389 g/mol. The standard InChI is InChI=1S/C18H20N4O2S2/c1-13-3-4-15(11-14(13)2)26(23,24)22-8-6-21(7-9-22)17-16-5-10-25-18(16)20-12-19-17/h3-5,10-12H,6-9H2,1-2H3. The first-order valence-corrected chi connectivity index (χ1v) is 10.8. The molecule has 3 aromatic rings. The predicted octanol–water partition coefficient (Wildman–Crippen LogP) is 2.82. The van der Waals surface area contributed by atoms with Crippen LogP contribution in [0.1, 0.15) is 11.1 Å². The van der Waals surface area contributed by atoms with Gasteiger partial charge in [-0.25, -0.2) is 18.4 Å². The lowest BCUT2D eigenvalue weighted by atomic mass is 10.1. The molecule has 0 aliphatic carbocycles. The Labute approximate surface area is 157 Å². The van der Waals surface area contributed by atoms with Crippen molar-refractivity contribution in [2.24, 2.45) is 0 Å². The molecule has 1 saturated heterocycles. The number of thiophene rings is 1. The maximum atomic E-state index is 12.9. The molecule has 1 aliphatic heterocycles. The molecule has 1 aromatic carbocycles. The molecule has 26 heavy (non-hydrogen) atoms. The van der Waals surface area contributed by atoms with Crippen molar-refractivity contribution >= 4 is 37.4 Å². The Balaban J connectivity index is 1.54. The summed E-state index contributed by atoms with van der Waals surface area (Å²) in [4.78, 5) is 12.2. The summed E-state index contributed by atoms with van der Waals surface area (Å²) in [5.41, 5.74) is 2.09. The molecule has 0 saturated carbocycles. The van der Waals surface area contributed by atoms with Gasteiger partial charge >= 0.3 is 0 Å². The number of rotatable bonds is 3. The van der Waals surface area contributed by atoms with Gasteiger partial charge in [0.2, 0.25) is 10.0 Å². The fraction of sp³-hybridized carbons (Fsp3) is 0.333. The van der Waals surface area contributed by atoms with Crippen LogP contribution in [0.25, 0.3) is 10.2 Å². The minimum absolute atomic E-state index is 0.372. The Morgan fingerprint density at radius 1 is 1.00 bits per heavy atom. The topological polar surface area (TPSA) is 66.4 Å². The van der Waals surface area contributed by atoms with Gasteiger partial charge in [-0.1, -0.05) is 6.07 Å². The zero-order valence-electron chi connectivity index (χ0n) is 14.7. The minimum Gasteiger partial charge on any atom is -0.353 e. The van der Waals surface area contributed by atoms with E-state index in [0.29, 0.717) is 31.1 Å². The number of hydrogen-bond acceptors (Lipinski definition) is 6. The fourth-order valence-corrected chi connectivity index (χ4v) is 5.43. The van der Waals surface area contributed by atoms with Crippen molar-refractivity contribution in [3.05, 3.63) is 47.1 Å². The molecule has 6 nitrogen and oxygen atoms in total. The maximum Gasteiger partial charge on any atom is 0.243 e. The van der Waals surface area contributed by atoms with Crippen LogP contribution < -0.4 is 4.90 Å². The average Bonchev–Trinajstić information content (AvgIpc) is 3.13. The summed E-state index contributed by atoms with van der Waals surface area (Å²) in [6.07, 6.45) is 1.58. The number of hydrogen-bond donors (Lipinski definition) is 0. The number of nitrogens with zero attached hydrogens (tertiary/aromatic N) is 4. The molecule has 0 amide bonds. The molecule has 3 heterocycles. The van der Waals surface area contributed by atoms with E-state index in [1.165, 1.54) is 0 Å². The molecule has 0 spiro atoms. The van der Waals surface area contributed by atoms with Gasteiger partial charge in [0, 0.05) is 26.2 Å². The van der Waals surface area contributed by atoms with E-state index in [1.54, 1.807) is 34.1 Å². The van der Waals surface area contributed by atoms with E-state index >= 15 is 0 Å². The number of aryl methyl sites for hydroxylation is 2. The third-order valence-electron chi connectivity index (χ3n) is 4.90. The monoisotopic (exact) mass is 388 g/mol. The van der Waals surface area contributed by atoms with Crippen LogP contribution in [-0.4, -0.2) is 48.9 Å². The highest BCUT2D eigenvalue weighted by molar-refractivity contribution is 7.89. The second-order valence-electron chi connectivity index (χ2n) is 6.47. The van der Waals surface area contributed by atoms with Crippen molar-refractivity contribution in [1.82, 2.24) is 14.3 Å². The molecule has 0 bridgehead atoms. The van der Waals surface area contributed by atoms with Crippen LogP contribution >= 0.6 is 11.3 Å². The predicted molar refractivity (Wildman–Crippen MR) is 104 cm³/mol. The molecular weight excluding hydrogens is 368 g/mol. The molecule has 0 atom stereocenters. The van der Waals surface area contributed by atoms with E-state index in [9.17, 15) is 8.42 Å². The molecule has 2 aromatic heterocycles. The van der Waals surface area contributed by atoms with Gasteiger partial charge in [0.05, 0.1) is 10.3 Å². The summed E-state index contributed by atoms with van der Waals surface area (Å²) in [6, 6.07) is 7.35. The Bertz CT molecular complexity index is 1050. The number of piperazine rings is 1. The van der Waals surface area contributed by atoms with Gasteiger partial charge < -0.3 is 4.90 Å². The first-order valence-electron chi connectivity index (χ1n) is 8.47. The van der Waals surface area contributed by atoms with E-state index < -0.39 is 10.0 Å². The highest BCUT2D eigenvalue weighted by atomic mass is 32.2. The second kappa shape index (κ2) is 6.61. The molecule has 0 N–H and O–H groups in total. The molecular formula is C18H20N4O2S2. The van der Waals surface area contributed by atoms with E-state index in [2.05, 4.69) is 14.9 Å². The van der Waals surface area contributed by atoms with Crippen molar-refractivity contribution in [1.29, 1.82) is 0 Å². The SMILES string of the molecule is Cc1ccc(S(=O)(=O)N2CCN(c3ncnc4sccc34)CC2)cc1C. The maximum absolute atomic E-state index is 12.9. The lowest BCUT2D eigenvalue weighted by Crippen LogP contribution is -2.49. The van der Waals surface area contributed by atoms with Crippen molar-refractivity contribution in [2.45, 2.75) is 18.7 Å². The van der Waals surface area contributed by atoms with Crippen LogP contribution in [0.5, 0.6) is 0 Å². The molecule has 8 heteroatoms. The van der Waals surface area contributed by atoms with Gasteiger partial charge in [-0.05, 0) is 48.6 Å². The Morgan fingerprint density at radius 2 is 1.77 bits per heavy atom. The fourth-order valence-electron chi connectivity index (χ4n) is 3.19. The zero-order chi connectivity index (χ0) is 18.3. The second-order valence-corrected chi connectivity index (χ2v) is 9.31. The molecule has 4 rings (SSSR count). The zero-order valence-corrected chi connectivity index (χ0v) is 16.3. The molecule has 0 unspecified atom stereocenters. The van der Waals surface area contributed by atoms with Gasteiger partial charge in [-0.15, -0.1) is 11.3 Å². The smallest absolute Gasteiger partial charge is 0.243 e. The van der Waals surface area contributed by atoms with Crippen LogP contribution in [0.2, 0.25) is 0 Å². The number of fused-ring (bicyclic) bond motifs is 1. The first kappa shape index (κ1) is 17.4. The Hall–Kier alpha value is -2.03. The van der Waals surface area contributed by atoms with Crippen molar-refractivity contribution in [3.63, 3.8) is 0 Å². The highest BCUT2D eigenvalue weighted by Gasteiger charge is 2.29. The van der Waals surface area contributed by atoms with E-state index in [1.807, 2.05) is 31.4 Å². The summed E-state index contributed by atoms with van der Waals surface area (Å²) in [7, 11) is -3.46. The highest BCUT2D eigenvalue weighted by Crippen LogP contribution is 2.28. The van der Waals surface area contributed by atoms with Crippen LogP contribution in [0.15, 0.2) is 40.9 Å². The van der Waals surface area contributed by atoms with Gasteiger partial charge in [-0.2, -0.15) is 4.31 Å². The van der Waals surface area contributed by atoms with Gasteiger partial charge in [-0.3, -0.25) is 0 Å². The van der Waals surface area contributed by atoms with Gasteiger partial charge in [0.25, 0.3) is 0 Å².